The van der Waals surface area contributed by atoms with Crippen LogP contribution in [0.1, 0.15) is 22.8 Å². The predicted octanol–water partition coefficient (Wildman–Crippen LogP) is 2.66. The Balaban J connectivity index is 2.35. The van der Waals surface area contributed by atoms with Gasteiger partial charge in [0.15, 0.2) is 0 Å². The molecule has 0 aliphatic rings. The van der Waals surface area contributed by atoms with Gasteiger partial charge in [-0.1, -0.05) is 36.4 Å². The molecule has 0 saturated carbocycles. The number of rotatable bonds is 2. The van der Waals surface area contributed by atoms with Crippen LogP contribution in [0.3, 0.4) is 0 Å². The van der Waals surface area contributed by atoms with Gasteiger partial charge in [-0.05, 0) is 35.7 Å². The van der Waals surface area contributed by atoms with Gasteiger partial charge in [-0.2, -0.15) is 0 Å². The van der Waals surface area contributed by atoms with Crippen LogP contribution in [0.25, 0.3) is 0 Å². The van der Waals surface area contributed by atoms with E-state index in [0.29, 0.717) is 5.69 Å². The van der Waals surface area contributed by atoms with E-state index in [0.717, 1.165) is 16.7 Å². The first-order valence-electron chi connectivity index (χ1n) is 5.27. The van der Waals surface area contributed by atoms with Gasteiger partial charge >= 0.3 is 0 Å². The summed E-state index contributed by atoms with van der Waals surface area (Å²) in [6.07, 6.45) is -0.582. The molecule has 0 spiro atoms. The molecule has 0 heterocycles. The lowest BCUT2D eigenvalue weighted by Crippen LogP contribution is -2.01. The summed E-state index contributed by atoms with van der Waals surface area (Å²) in [6.45, 7) is 2.00. The second-order valence-electron chi connectivity index (χ2n) is 3.93. The minimum atomic E-state index is -0.582. The normalized spacial score (nSPS) is 12.4. The zero-order valence-electron chi connectivity index (χ0n) is 9.22. The van der Waals surface area contributed by atoms with E-state index in [4.69, 9.17) is 5.73 Å². The molecule has 0 aliphatic carbocycles. The van der Waals surface area contributed by atoms with Crippen LogP contribution in [0.5, 0.6) is 0 Å². The van der Waals surface area contributed by atoms with E-state index in [1.807, 2.05) is 43.3 Å². The number of aliphatic hydroxyl groups is 1. The maximum Gasteiger partial charge on any atom is 0.104 e. The summed E-state index contributed by atoms with van der Waals surface area (Å²) in [6, 6.07) is 15.1. The molecule has 0 radical (unpaired) electrons. The van der Waals surface area contributed by atoms with Crippen LogP contribution in [-0.4, -0.2) is 5.11 Å². The van der Waals surface area contributed by atoms with Crippen LogP contribution < -0.4 is 5.73 Å². The fourth-order valence-electron chi connectivity index (χ4n) is 1.75. The second-order valence-corrected chi connectivity index (χ2v) is 3.93. The Hall–Kier alpha value is -1.80. The van der Waals surface area contributed by atoms with Gasteiger partial charge in [0.2, 0.25) is 0 Å². The summed E-state index contributed by atoms with van der Waals surface area (Å²) >= 11 is 0. The summed E-state index contributed by atoms with van der Waals surface area (Å²) < 4.78 is 0. The van der Waals surface area contributed by atoms with Gasteiger partial charge < -0.3 is 10.8 Å². The zero-order chi connectivity index (χ0) is 11.5. The molecule has 0 aromatic heterocycles. The summed E-state index contributed by atoms with van der Waals surface area (Å²) in [5, 5.41) is 10.2. The fourth-order valence-corrected chi connectivity index (χ4v) is 1.75. The summed E-state index contributed by atoms with van der Waals surface area (Å²) in [4.78, 5) is 0. The lowest BCUT2D eigenvalue weighted by molar-refractivity contribution is 0.219. The third-order valence-corrected chi connectivity index (χ3v) is 2.74. The number of aliphatic hydroxyl groups excluding tert-OH is 1. The molecule has 2 nitrogen and oxygen atoms in total. The molecule has 16 heavy (non-hydrogen) atoms. The number of aryl methyl sites for hydroxylation is 1. The maximum absolute atomic E-state index is 10.2. The average Bonchev–Trinajstić information content (AvgIpc) is 2.30. The molecule has 2 aromatic rings. The molecule has 1 unspecified atom stereocenters. The van der Waals surface area contributed by atoms with E-state index in [2.05, 4.69) is 0 Å². The van der Waals surface area contributed by atoms with Crippen LogP contribution in [0.15, 0.2) is 48.5 Å². The first-order valence-corrected chi connectivity index (χ1v) is 5.27. The van der Waals surface area contributed by atoms with E-state index in [9.17, 15) is 5.11 Å². The molecule has 2 aromatic carbocycles. The van der Waals surface area contributed by atoms with Crippen molar-refractivity contribution >= 4 is 5.69 Å². The number of nitrogen functional groups attached to an aromatic ring is 1. The van der Waals surface area contributed by atoms with Crippen molar-refractivity contribution in [3.05, 3.63) is 65.2 Å². The Kier molecular flexibility index (Phi) is 2.93. The van der Waals surface area contributed by atoms with E-state index >= 15 is 0 Å². The zero-order valence-corrected chi connectivity index (χ0v) is 9.22. The van der Waals surface area contributed by atoms with Crippen molar-refractivity contribution in [3.8, 4) is 0 Å². The number of hydrogen-bond acceptors (Lipinski definition) is 2. The molecular formula is C14H15NO. The third kappa shape index (κ3) is 2.07. The summed E-state index contributed by atoms with van der Waals surface area (Å²) in [7, 11) is 0. The highest BCUT2D eigenvalue weighted by molar-refractivity contribution is 5.42. The molecule has 0 aliphatic heterocycles. The molecule has 0 bridgehead atoms. The Morgan fingerprint density at radius 2 is 1.62 bits per heavy atom. The highest BCUT2D eigenvalue weighted by Gasteiger charge is 2.11. The molecule has 0 saturated heterocycles. The second kappa shape index (κ2) is 4.37. The van der Waals surface area contributed by atoms with Crippen LogP contribution in [0, 0.1) is 6.92 Å². The van der Waals surface area contributed by atoms with E-state index in [1.165, 1.54) is 0 Å². The minimum absolute atomic E-state index is 0.582. The highest BCUT2D eigenvalue weighted by Crippen LogP contribution is 2.24. The topological polar surface area (TPSA) is 46.2 Å². The van der Waals surface area contributed by atoms with Gasteiger partial charge in [-0.25, -0.2) is 0 Å². The van der Waals surface area contributed by atoms with Gasteiger partial charge in [0.25, 0.3) is 0 Å². The van der Waals surface area contributed by atoms with Crippen LogP contribution in [0.4, 0.5) is 5.69 Å². The molecule has 3 N–H and O–H groups in total. The molecule has 2 rings (SSSR count). The standard InChI is InChI=1S/C14H15NO/c1-10-4-2-3-5-13(10)14(16)11-6-8-12(15)9-7-11/h2-9,14,16H,15H2,1H3. The smallest absolute Gasteiger partial charge is 0.104 e. The maximum atomic E-state index is 10.2. The molecule has 2 heteroatoms. The Morgan fingerprint density at radius 1 is 1.00 bits per heavy atom. The first-order chi connectivity index (χ1) is 7.68. The Morgan fingerprint density at radius 3 is 2.25 bits per heavy atom. The van der Waals surface area contributed by atoms with Crippen molar-refractivity contribution in [3.63, 3.8) is 0 Å². The number of nitrogens with two attached hydrogens (primary N) is 1. The monoisotopic (exact) mass is 213 g/mol. The van der Waals surface area contributed by atoms with Crippen molar-refractivity contribution in [1.29, 1.82) is 0 Å². The van der Waals surface area contributed by atoms with E-state index < -0.39 is 6.10 Å². The Bertz CT molecular complexity index is 476. The van der Waals surface area contributed by atoms with Gasteiger partial charge in [0.05, 0.1) is 0 Å². The molecule has 0 fully saturated rings. The van der Waals surface area contributed by atoms with Crippen molar-refractivity contribution in [2.45, 2.75) is 13.0 Å². The van der Waals surface area contributed by atoms with Crippen LogP contribution >= 0.6 is 0 Å². The molecule has 82 valence electrons. The molecule has 1 atom stereocenters. The number of benzene rings is 2. The van der Waals surface area contributed by atoms with Crippen molar-refractivity contribution in [1.82, 2.24) is 0 Å². The van der Waals surface area contributed by atoms with Gasteiger partial charge in [0.1, 0.15) is 6.10 Å². The Labute approximate surface area is 95.4 Å². The van der Waals surface area contributed by atoms with Crippen LogP contribution in [0.2, 0.25) is 0 Å². The third-order valence-electron chi connectivity index (χ3n) is 2.74. The van der Waals surface area contributed by atoms with Crippen LogP contribution in [-0.2, 0) is 0 Å². The summed E-state index contributed by atoms with van der Waals surface area (Å²) in [5.74, 6) is 0. The molecular weight excluding hydrogens is 198 g/mol. The van der Waals surface area contributed by atoms with E-state index in [1.54, 1.807) is 12.1 Å². The SMILES string of the molecule is Cc1ccccc1C(O)c1ccc(N)cc1. The average molecular weight is 213 g/mol. The number of anilines is 1. The largest absolute Gasteiger partial charge is 0.399 e. The van der Waals surface area contributed by atoms with Crippen molar-refractivity contribution < 1.29 is 5.11 Å². The van der Waals surface area contributed by atoms with Gasteiger partial charge in [0, 0.05) is 5.69 Å². The highest BCUT2D eigenvalue weighted by atomic mass is 16.3. The van der Waals surface area contributed by atoms with Crippen molar-refractivity contribution in [2.75, 3.05) is 5.73 Å². The summed E-state index contributed by atoms with van der Waals surface area (Å²) in [5.41, 5.74) is 9.21. The molecule has 0 amide bonds. The first kappa shape index (κ1) is 10.7. The minimum Gasteiger partial charge on any atom is -0.399 e. The fraction of sp³-hybridized carbons (Fsp3) is 0.143. The van der Waals surface area contributed by atoms with Crippen molar-refractivity contribution in [2.24, 2.45) is 0 Å². The number of hydrogen-bond donors (Lipinski definition) is 2. The predicted molar refractivity (Wildman–Crippen MR) is 66.1 cm³/mol. The quantitative estimate of drug-likeness (QED) is 0.753. The lowest BCUT2D eigenvalue weighted by Gasteiger charge is -2.14. The van der Waals surface area contributed by atoms with Gasteiger partial charge in [-0.3, -0.25) is 0 Å². The lowest BCUT2D eigenvalue weighted by atomic mass is 9.97. The van der Waals surface area contributed by atoms with E-state index in [-0.39, 0.29) is 0 Å². The van der Waals surface area contributed by atoms with Gasteiger partial charge in [-0.15, -0.1) is 0 Å².